The number of hydrogen-bond donors (Lipinski definition) is 1. The van der Waals surface area contributed by atoms with E-state index >= 15 is 0 Å². The quantitative estimate of drug-likeness (QED) is 0.240. The summed E-state index contributed by atoms with van der Waals surface area (Å²) >= 11 is 238. The Hall–Kier alpha value is 14.5. The van der Waals surface area contributed by atoms with Gasteiger partial charge in [-0.25, -0.2) is 0 Å². The molecule has 0 unspecified atom stereocenters. The lowest BCUT2D eigenvalue weighted by molar-refractivity contribution is 0.399. The van der Waals surface area contributed by atoms with Gasteiger partial charge in [0.2, 0.25) is 0 Å². The summed E-state index contributed by atoms with van der Waals surface area (Å²) in [7, 11) is 1.00. The molecule has 0 bridgehead atoms. The molecule has 51 heteroatoms. The lowest BCUT2D eigenvalue weighted by Gasteiger charge is -1.42. The van der Waals surface area contributed by atoms with Gasteiger partial charge in [-0.3, -0.25) is 0 Å². The molecule has 0 aromatic heterocycles. The van der Waals surface area contributed by atoms with Crippen molar-refractivity contribution >= 4 is 580 Å². The van der Waals surface area contributed by atoms with Gasteiger partial charge in [-0.1, -0.05) is 0 Å². The Morgan fingerprint density at radius 2 is 0.0909 bits per heavy atom. The van der Waals surface area contributed by atoms with E-state index in [9.17, 15) is 0 Å². The third-order valence-electron chi connectivity index (χ3n) is 0. The van der Waals surface area contributed by atoms with Gasteiger partial charge in [0.25, 0.3) is 0 Å². The maximum absolute atomic E-state index is 7.00. The molecular formula is C26H54Cl50O. The van der Waals surface area contributed by atoms with Crippen LogP contribution in [0.4, 0.5) is 0 Å². The van der Waals surface area contributed by atoms with Crippen molar-refractivity contribution in [1.82, 2.24) is 0 Å². The third kappa shape index (κ3) is 3390. The molecule has 514 valence electrons. The van der Waals surface area contributed by atoms with Crippen LogP contribution in [0.15, 0.2) is 0 Å². The van der Waals surface area contributed by atoms with Crippen LogP contribution < -0.4 is 0 Å². The molecule has 77 heavy (non-hydrogen) atoms. The fourth-order valence-corrected chi connectivity index (χ4v) is 0. The standard InChI is InChI=1S/25CH2Cl2.CH4O/c25*2-1-3;1-2/h25*1H2;2H,1H3. The first kappa shape index (κ1) is 175. The summed E-state index contributed by atoms with van der Waals surface area (Å²) in [6.07, 6.45) is 0. The first-order chi connectivity index (χ1) is 36.4. The van der Waals surface area contributed by atoms with E-state index in [2.05, 4.69) is 0 Å². The average molecular weight is 2160 g/mol. The number of aliphatic hydroxyl groups is 1. The van der Waals surface area contributed by atoms with Crippen LogP contribution >= 0.6 is 580 Å². The summed E-state index contributed by atoms with van der Waals surface area (Å²) in [5.41, 5.74) is 0. The van der Waals surface area contributed by atoms with Gasteiger partial charge in [0, 0.05) is 7.11 Å². The SMILES string of the molecule is CO.ClCCl.ClCCl.ClCCl.ClCCl.ClCCl.ClCCl.ClCCl.ClCCl.ClCCl.ClCCl.ClCCl.ClCCl.ClCCl.ClCCl.ClCCl.ClCCl.ClCCl.ClCCl.ClCCl.ClCCl.ClCCl.ClCCl.ClCCl.ClCCl.ClCCl. The van der Waals surface area contributed by atoms with Crippen molar-refractivity contribution in [3.8, 4) is 0 Å². The Bertz CT molecular complexity index is 194. The maximum Gasteiger partial charge on any atom is 0.0967 e. The molecule has 0 spiro atoms. The highest BCUT2D eigenvalue weighted by Crippen LogP contribution is 1.80. The number of rotatable bonds is 0. The predicted molar refractivity (Wildman–Crippen MR) is 422 cm³/mol. The van der Waals surface area contributed by atoms with E-state index in [0.717, 1.165) is 7.11 Å². The van der Waals surface area contributed by atoms with Crippen LogP contribution in [0.3, 0.4) is 0 Å². The van der Waals surface area contributed by atoms with Crippen LogP contribution in [0, 0.1) is 0 Å². The first-order valence-electron chi connectivity index (χ1n) is 13.8. The van der Waals surface area contributed by atoms with E-state index in [1.807, 2.05) is 0 Å². The van der Waals surface area contributed by atoms with E-state index in [1.165, 1.54) is 0 Å². The highest BCUT2D eigenvalue weighted by molar-refractivity contribution is 6.47. The molecule has 0 saturated heterocycles. The first-order valence-corrected chi connectivity index (χ1v) is 40.5. The number of alkyl halides is 50. The van der Waals surface area contributed by atoms with Gasteiger partial charge < -0.3 is 5.11 Å². The molecular weight excluding hydrogens is 2100 g/mol. The molecule has 0 aromatic carbocycles. The lowest BCUT2D eigenvalue weighted by atomic mass is 11.8. The van der Waals surface area contributed by atoms with Crippen LogP contribution in [0.25, 0.3) is 0 Å². The number of halogens is 50. The Labute approximate surface area is 713 Å². The van der Waals surface area contributed by atoms with Crippen molar-refractivity contribution in [1.29, 1.82) is 0 Å². The Morgan fingerprint density at radius 3 is 0.0909 bits per heavy atom. The van der Waals surface area contributed by atoms with Crippen molar-refractivity contribution in [2.75, 3.05) is 141 Å². The van der Waals surface area contributed by atoms with E-state index in [-0.39, 0.29) is 133 Å². The monoisotopic (exact) mass is 2130 g/mol. The van der Waals surface area contributed by atoms with Crippen molar-refractivity contribution in [2.24, 2.45) is 0 Å². The third-order valence-corrected chi connectivity index (χ3v) is 0. The molecule has 0 aromatic rings. The van der Waals surface area contributed by atoms with E-state index in [0.29, 0.717) is 0 Å². The Morgan fingerprint density at radius 1 is 0.0909 bits per heavy atom. The van der Waals surface area contributed by atoms with Crippen molar-refractivity contribution < 1.29 is 5.11 Å². The molecule has 0 aliphatic carbocycles. The zero-order valence-electron chi connectivity index (χ0n) is 38.0. The van der Waals surface area contributed by atoms with Crippen LogP contribution in [0.1, 0.15) is 0 Å². The minimum Gasteiger partial charge on any atom is -0.400 e. The molecule has 0 amide bonds. The molecule has 0 saturated carbocycles. The molecule has 0 heterocycles. The molecule has 1 nitrogen and oxygen atoms in total. The summed E-state index contributed by atoms with van der Waals surface area (Å²) in [5, 5.41) is 11.9. The van der Waals surface area contributed by atoms with Crippen molar-refractivity contribution in [3.05, 3.63) is 0 Å². The predicted octanol–water partition coefficient (Wildman–Crippen LogP) is 35.1. The van der Waals surface area contributed by atoms with E-state index in [1.54, 1.807) is 0 Å². The molecule has 0 aliphatic heterocycles. The Balaban J connectivity index is -0.0000000146. The second-order valence-corrected chi connectivity index (χ2v) is 22.7. The van der Waals surface area contributed by atoms with Gasteiger partial charge in [-0.05, 0) is 0 Å². The van der Waals surface area contributed by atoms with Crippen LogP contribution in [0.2, 0.25) is 0 Å². The highest BCUT2D eigenvalue weighted by Gasteiger charge is 1.48. The fraction of sp³-hybridized carbons (Fsp3) is 1.00. The van der Waals surface area contributed by atoms with Crippen molar-refractivity contribution in [2.45, 2.75) is 0 Å². The van der Waals surface area contributed by atoms with E-state index < -0.39 is 0 Å². The van der Waals surface area contributed by atoms with Gasteiger partial charge in [0.1, 0.15) is 0 Å². The van der Waals surface area contributed by atoms with Gasteiger partial charge in [0.05, 0.1) is 133 Å². The summed E-state index contributed by atoms with van der Waals surface area (Å²) in [6, 6.07) is 0. The fourth-order valence-electron chi connectivity index (χ4n) is 0. The zero-order valence-corrected chi connectivity index (χ0v) is 75.8. The summed E-state index contributed by atoms with van der Waals surface area (Å²) in [4.78, 5) is 0. The largest absolute Gasteiger partial charge is 0.400 e. The lowest BCUT2D eigenvalue weighted by Crippen LogP contribution is -1.25. The zero-order chi connectivity index (χ0) is 69.7. The number of hydrogen-bond acceptors (Lipinski definition) is 1. The molecule has 0 fully saturated rings. The summed E-state index contributed by atoms with van der Waals surface area (Å²) in [5.74, 6) is 0. The second kappa shape index (κ2) is 465. The minimum absolute atomic E-state index is 0.194. The molecule has 1 N–H and O–H groups in total. The minimum atomic E-state index is 0.194. The van der Waals surface area contributed by atoms with Crippen molar-refractivity contribution in [3.63, 3.8) is 0 Å². The van der Waals surface area contributed by atoms with E-state index in [4.69, 9.17) is 585 Å². The second-order valence-electron chi connectivity index (χ2n) is 2.53. The summed E-state index contributed by atoms with van der Waals surface area (Å²) < 4.78 is 0. The molecule has 0 rings (SSSR count). The van der Waals surface area contributed by atoms with Gasteiger partial charge in [-0.2, -0.15) is 0 Å². The van der Waals surface area contributed by atoms with Gasteiger partial charge in [-0.15, -0.1) is 580 Å². The molecule has 0 radical (unpaired) electrons. The Kier molecular flexibility index (Phi) is 1050. The van der Waals surface area contributed by atoms with Gasteiger partial charge >= 0.3 is 0 Å². The topological polar surface area (TPSA) is 20.2 Å². The van der Waals surface area contributed by atoms with Gasteiger partial charge in [0.15, 0.2) is 0 Å². The average Bonchev–Trinajstić information content (AvgIpc) is 3.31. The normalized spacial score (nSPS) is 5.92. The molecule has 0 aliphatic rings. The smallest absolute Gasteiger partial charge is 0.0967 e. The van der Waals surface area contributed by atoms with Crippen LogP contribution in [-0.4, -0.2) is 146 Å². The maximum atomic E-state index is 7.00. The van der Waals surface area contributed by atoms with Crippen LogP contribution in [0.5, 0.6) is 0 Å². The number of aliphatic hydroxyl groups excluding tert-OH is 1. The van der Waals surface area contributed by atoms with Crippen LogP contribution in [-0.2, 0) is 0 Å². The highest BCUT2D eigenvalue weighted by atomic mass is 35.6. The summed E-state index contributed by atoms with van der Waals surface area (Å²) in [6.45, 7) is 0. The molecule has 0 atom stereocenters.